The van der Waals surface area contributed by atoms with Crippen molar-refractivity contribution in [3.8, 4) is 0 Å². The van der Waals surface area contributed by atoms with Gasteiger partial charge in [0.25, 0.3) is 0 Å². The van der Waals surface area contributed by atoms with E-state index >= 15 is 0 Å². The van der Waals surface area contributed by atoms with Crippen LogP contribution in [0.5, 0.6) is 0 Å². The van der Waals surface area contributed by atoms with Crippen LogP contribution in [0.3, 0.4) is 0 Å². The van der Waals surface area contributed by atoms with Crippen molar-refractivity contribution in [1.29, 1.82) is 0 Å². The molecule has 0 bridgehead atoms. The Kier molecular flexibility index (Phi) is 4.40. The molecule has 1 aromatic heterocycles. The van der Waals surface area contributed by atoms with Crippen LogP contribution in [-0.4, -0.2) is 24.6 Å². The summed E-state index contributed by atoms with van der Waals surface area (Å²) in [7, 11) is 2.00. The normalized spacial score (nSPS) is 22.8. The molecule has 0 saturated carbocycles. The van der Waals surface area contributed by atoms with E-state index in [4.69, 9.17) is 0 Å². The molecule has 1 saturated heterocycles. The van der Waals surface area contributed by atoms with Crippen LogP contribution >= 0.6 is 11.3 Å². The summed E-state index contributed by atoms with van der Waals surface area (Å²) in [6.45, 7) is 5.65. The number of hydrogen-bond donors (Lipinski definition) is 1. The largest absolute Gasteiger partial charge is 0.345 e. The molecule has 1 aliphatic heterocycles. The number of thiazole rings is 1. The molecular formula is C13H23N3S. The van der Waals surface area contributed by atoms with Gasteiger partial charge in [-0.25, -0.2) is 4.98 Å². The SMILES string of the molecule is CCC1CCCCN1c1ncc(C(C)NC)s1. The summed E-state index contributed by atoms with van der Waals surface area (Å²) in [6.07, 6.45) is 7.28. The van der Waals surface area contributed by atoms with Gasteiger partial charge in [0.15, 0.2) is 5.13 Å². The molecule has 96 valence electrons. The zero-order valence-corrected chi connectivity index (χ0v) is 11.9. The number of rotatable bonds is 4. The number of aromatic nitrogens is 1. The van der Waals surface area contributed by atoms with Gasteiger partial charge in [-0.2, -0.15) is 0 Å². The average Bonchev–Trinajstić information content (AvgIpc) is 2.87. The van der Waals surface area contributed by atoms with Gasteiger partial charge in [-0.1, -0.05) is 6.92 Å². The third-order valence-corrected chi connectivity index (χ3v) is 4.93. The Morgan fingerprint density at radius 3 is 3.12 bits per heavy atom. The van der Waals surface area contributed by atoms with Gasteiger partial charge in [0.1, 0.15) is 0 Å². The summed E-state index contributed by atoms with van der Waals surface area (Å²) in [6, 6.07) is 1.11. The monoisotopic (exact) mass is 253 g/mol. The molecule has 2 heterocycles. The molecule has 2 rings (SSSR count). The minimum absolute atomic E-state index is 0.408. The highest BCUT2D eigenvalue weighted by molar-refractivity contribution is 7.15. The molecule has 0 spiro atoms. The van der Waals surface area contributed by atoms with Crippen LogP contribution in [0.2, 0.25) is 0 Å². The zero-order chi connectivity index (χ0) is 12.3. The van der Waals surface area contributed by atoms with Gasteiger partial charge < -0.3 is 10.2 Å². The summed E-state index contributed by atoms with van der Waals surface area (Å²) < 4.78 is 0. The molecule has 1 aromatic rings. The second-order valence-corrected chi connectivity index (χ2v) is 5.85. The van der Waals surface area contributed by atoms with Crippen molar-refractivity contribution in [2.45, 2.75) is 51.6 Å². The molecule has 17 heavy (non-hydrogen) atoms. The lowest BCUT2D eigenvalue weighted by molar-refractivity contribution is 0.449. The minimum Gasteiger partial charge on any atom is -0.345 e. The maximum absolute atomic E-state index is 4.61. The van der Waals surface area contributed by atoms with Crippen molar-refractivity contribution in [2.75, 3.05) is 18.5 Å². The molecule has 1 fully saturated rings. The Morgan fingerprint density at radius 2 is 2.41 bits per heavy atom. The number of anilines is 1. The molecule has 3 nitrogen and oxygen atoms in total. The lowest BCUT2D eigenvalue weighted by Crippen LogP contribution is -2.38. The number of nitrogens with one attached hydrogen (secondary N) is 1. The van der Waals surface area contributed by atoms with Crippen LogP contribution in [-0.2, 0) is 0 Å². The molecule has 0 aliphatic carbocycles. The molecule has 4 heteroatoms. The van der Waals surface area contributed by atoms with E-state index in [2.05, 4.69) is 29.0 Å². The highest BCUT2D eigenvalue weighted by Gasteiger charge is 2.23. The van der Waals surface area contributed by atoms with E-state index in [1.807, 2.05) is 24.6 Å². The Labute approximate surface area is 108 Å². The predicted octanol–water partition coefficient (Wildman–Crippen LogP) is 3.19. The van der Waals surface area contributed by atoms with E-state index in [-0.39, 0.29) is 0 Å². The van der Waals surface area contributed by atoms with E-state index in [1.165, 1.54) is 42.2 Å². The van der Waals surface area contributed by atoms with Crippen molar-refractivity contribution in [1.82, 2.24) is 10.3 Å². The number of hydrogen-bond acceptors (Lipinski definition) is 4. The number of piperidine rings is 1. The topological polar surface area (TPSA) is 28.2 Å². The second-order valence-electron chi connectivity index (χ2n) is 4.81. The van der Waals surface area contributed by atoms with Crippen LogP contribution in [0.1, 0.15) is 50.4 Å². The fraction of sp³-hybridized carbons (Fsp3) is 0.769. The molecule has 2 unspecified atom stereocenters. The van der Waals surface area contributed by atoms with Crippen LogP contribution < -0.4 is 10.2 Å². The van der Waals surface area contributed by atoms with E-state index in [1.54, 1.807) is 0 Å². The first kappa shape index (κ1) is 12.8. The van der Waals surface area contributed by atoms with E-state index in [9.17, 15) is 0 Å². The number of nitrogens with zero attached hydrogens (tertiary/aromatic N) is 2. The van der Waals surface area contributed by atoms with Gasteiger partial charge in [-0.15, -0.1) is 11.3 Å². The maximum atomic E-state index is 4.61. The lowest BCUT2D eigenvalue weighted by Gasteiger charge is -2.35. The standard InChI is InChI=1S/C13H23N3S/c1-4-11-7-5-6-8-16(11)13-15-9-12(17-13)10(2)14-3/h9-11,14H,4-8H2,1-3H3. The fourth-order valence-corrected chi connectivity index (χ4v) is 3.50. The van der Waals surface area contributed by atoms with Crippen molar-refractivity contribution >= 4 is 16.5 Å². The summed E-state index contributed by atoms with van der Waals surface area (Å²) in [5, 5.41) is 4.49. The molecule has 0 aromatic carbocycles. The van der Waals surface area contributed by atoms with Gasteiger partial charge >= 0.3 is 0 Å². The highest BCUT2D eigenvalue weighted by Crippen LogP contribution is 2.32. The summed E-state index contributed by atoms with van der Waals surface area (Å²) in [5.41, 5.74) is 0. The van der Waals surface area contributed by atoms with Gasteiger partial charge in [0.2, 0.25) is 0 Å². The van der Waals surface area contributed by atoms with Crippen LogP contribution in [0, 0.1) is 0 Å². The van der Waals surface area contributed by atoms with Gasteiger partial charge in [0.05, 0.1) is 0 Å². The summed E-state index contributed by atoms with van der Waals surface area (Å²) in [5.74, 6) is 0. The Bertz CT molecular complexity index is 350. The fourth-order valence-electron chi connectivity index (χ4n) is 2.43. The third-order valence-electron chi connectivity index (χ3n) is 3.72. The summed E-state index contributed by atoms with van der Waals surface area (Å²) in [4.78, 5) is 8.46. The van der Waals surface area contributed by atoms with Crippen molar-refractivity contribution in [2.24, 2.45) is 0 Å². The smallest absolute Gasteiger partial charge is 0.185 e. The minimum atomic E-state index is 0.408. The molecule has 2 atom stereocenters. The van der Waals surface area contributed by atoms with Gasteiger partial charge in [-0.05, 0) is 39.7 Å². The Hall–Kier alpha value is -0.610. The van der Waals surface area contributed by atoms with Crippen LogP contribution in [0.25, 0.3) is 0 Å². The lowest BCUT2D eigenvalue weighted by atomic mass is 10.0. The van der Waals surface area contributed by atoms with Crippen LogP contribution in [0.4, 0.5) is 5.13 Å². The van der Waals surface area contributed by atoms with E-state index in [0.29, 0.717) is 12.1 Å². The van der Waals surface area contributed by atoms with Gasteiger partial charge in [-0.3, -0.25) is 0 Å². The first-order valence-electron chi connectivity index (χ1n) is 6.66. The predicted molar refractivity (Wildman–Crippen MR) is 74.9 cm³/mol. The molecule has 0 amide bonds. The first-order chi connectivity index (χ1) is 8.26. The molecular weight excluding hydrogens is 230 g/mol. The van der Waals surface area contributed by atoms with Crippen molar-refractivity contribution in [3.63, 3.8) is 0 Å². The summed E-state index contributed by atoms with van der Waals surface area (Å²) >= 11 is 1.84. The molecule has 1 aliphatic rings. The molecule has 0 radical (unpaired) electrons. The van der Waals surface area contributed by atoms with Gasteiger partial charge in [0, 0.05) is 29.7 Å². The average molecular weight is 253 g/mol. The highest BCUT2D eigenvalue weighted by atomic mass is 32.1. The third kappa shape index (κ3) is 2.80. The van der Waals surface area contributed by atoms with Crippen LogP contribution in [0.15, 0.2) is 6.20 Å². The first-order valence-corrected chi connectivity index (χ1v) is 7.47. The van der Waals surface area contributed by atoms with E-state index in [0.717, 1.165) is 0 Å². The quantitative estimate of drug-likeness (QED) is 0.893. The van der Waals surface area contributed by atoms with Crippen molar-refractivity contribution in [3.05, 3.63) is 11.1 Å². The van der Waals surface area contributed by atoms with Crippen molar-refractivity contribution < 1.29 is 0 Å². The maximum Gasteiger partial charge on any atom is 0.185 e. The Morgan fingerprint density at radius 1 is 1.59 bits per heavy atom. The Balaban J connectivity index is 2.12. The zero-order valence-electron chi connectivity index (χ0n) is 11.1. The second kappa shape index (κ2) is 5.83. The molecule has 1 N–H and O–H groups in total. The van der Waals surface area contributed by atoms with E-state index < -0.39 is 0 Å².